The van der Waals surface area contributed by atoms with E-state index in [0.29, 0.717) is 6.42 Å². The zero-order valence-electron chi connectivity index (χ0n) is 8.68. The van der Waals surface area contributed by atoms with Gasteiger partial charge in [0.2, 0.25) is 0 Å². The summed E-state index contributed by atoms with van der Waals surface area (Å²) in [5, 5.41) is 24.1. The number of hydrogen-bond donors (Lipinski definition) is 7. The molecule has 0 saturated carbocycles. The van der Waals surface area contributed by atoms with E-state index in [0.717, 1.165) is 0 Å². The molecule has 10 N–H and O–H groups in total. The summed E-state index contributed by atoms with van der Waals surface area (Å²) in [5.41, 5.74) is 10.5. The molecule has 2 atom stereocenters. The van der Waals surface area contributed by atoms with Crippen LogP contribution in [0.15, 0.2) is 5.10 Å². The predicted octanol–water partition coefficient (Wildman–Crippen LogP) is -2.52. The van der Waals surface area contributed by atoms with Crippen LogP contribution in [0.4, 0.5) is 0 Å². The van der Waals surface area contributed by atoms with E-state index in [1.807, 2.05) is 0 Å². The van der Waals surface area contributed by atoms with Crippen molar-refractivity contribution in [1.29, 1.82) is 5.41 Å². The lowest BCUT2D eigenvalue weighted by Gasteiger charge is -2.19. The van der Waals surface area contributed by atoms with Gasteiger partial charge in [-0.15, -0.1) is 0 Å². The van der Waals surface area contributed by atoms with Crippen LogP contribution in [0.1, 0.15) is 12.8 Å². The van der Waals surface area contributed by atoms with Gasteiger partial charge in [0.25, 0.3) is 0 Å². The number of hydrogen-bond acceptors (Lipinski definition) is 5. The van der Waals surface area contributed by atoms with Crippen LogP contribution in [0.5, 0.6) is 0 Å². The lowest BCUT2D eigenvalue weighted by molar-refractivity contribution is -0.138. The number of nitrogens with zero attached hydrogens (tertiary/aromatic N) is 1. The molecule has 0 amide bonds. The summed E-state index contributed by atoms with van der Waals surface area (Å²) in [6, 6.07) is -0.951. The average molecular weight is 231 g/mol. The summed E-state index contributed by atoms with van der Waals surface area (Å²) in [7, 11) is 0. The minimum Gasteiger partial charge on any atom is -0.480 e. The first-order chi connectivity index (χ1) is 7.47. The molecule has 0 spiro atoms. The van der Waals surface area contributed by atoms with Crippen LogP contribution in [0.2, 0.25) is 0 Å². The Morgan fingerprint density at radius 3 is 2.62 bits per heavy atom. The van der Waals surface area contributed by atoms with E-state index in [1.165, 1.54) is 6.34 Å². The molecule has 9 heteroatoms. The summed E-state index contributed by atoms with van der Waals surface area (Å²) < 4.78 is 0. The molecule has 0 rings (SSSR count). The minimum atomic E-state index is -1.07. The van der Waals surface area contributed by atoms with Crippen LogP contribution < -0.4 is 27.9 Å². The monoisotopic (exact) mass is 231 g/mol. The van der Waals surface area contributed by atoms with Crippen LogP contribution >= 0.6 is 0 Å². The van der Waals surface area contributed by atoms with Gasteiger partial charge in [0.05, 0.1) is 6.17 Å². The fraction of sp³-hybridized carbons (Fsp3) is 0.571. The van der Waals surface area contributed by atoms with Crippen molar-refractivity contribution < 1.29 is 9.90 Å². The molecule has 0 heterocycles. The number of nitrogens with two attached hydrogens (primary N) is 3. The average Bonchev–Trinajstić information content (AvgIpc) is 2.20. The molecule has 0 fully saturated rings. The minimum absolute atomic E-state index is 0.228. The molecule has 2 unspecified atom stereocenters. The maximum Gasteiger partial charge on any atom is 0.320 e. The molecule has 0 aromatic rings. The number of rotatable bonds is 7. The van der Waals surface area contributed by atoms with Crippen molar-refractivity contribution in [3.63, 3.8) is 0 Å². The lowest BCUT2D eigenvalue weighted by atomic mass is 10.1. The number of guanidine groups is 1. The van der Waals surface area contributed by atoms with E-state index in [4.69, 9.17) is 27.8 Å². The molecule has 0 aromatic heterocycles. The van der Waals surface area contributed by atoms with Gasteiger partial charge in [-0.2, -0.15) is 5.10 Å². The van der Waals surface area contributed by atoms with E-state index in [2.05, 4.69) is 15.7 Å². The first-order valence-electron chi connectivity index (χ1n) is 4.54. The van der Waals surface area contributed by atoms with Gasteiger partial charge < -0.3 is 33.1 Å². The molecule has 0 aliphatic heterocycles. The van der Waals surface area contributed by atoms with Crippen molar-refractivity contribution >= 4 is 18.3 Å². The van der Waals surface area contributed by atoms with E-state index in [1.54, 1.807) is 0 Å². The Morgan fingerprint density at radius 2 is 2.19 bits per heavy atom. The number of carboxylic acids is 1. The summed E-state index contributed by atoms with van der Waals surface area (Å²) >= 11 is 0. The third-order valence-corrected chi connectivity index (χ3v) is 1.76. The second-order valence-electron chi connectivity index (χ2n) is 3.08. The van der Waals surface area contributed by atoms with Crippen LogP contribution in [0.3, 0.4) is 0 Å². The molecule has 0 saturated heterocycles. The maximum atomic E-state index is 10.5. The van der Waals surface area contributed by atoms with Gasteiger partial charge in [-0.1, -0.05) is 0 Å². The Bertz CT molecular complexity index is 267. The van der Waals surface area contributed by atoms with Crippen molar-refractivity contribution in [3.8, 4) is 0 Å². The number of nitrogens with one attached hydrogen (secondary N) is 3. The van der Waals surface area contributed by atoms with Crippen LogP contribution in [-0.4, -0.2) is 35.6 Å². The van der Waals surface area contributed by atoms with Gasteiger partial charge >= 0.3 is 5.97 Å². The number of hydrazone groups is 1. The van der Waals surface area contributed by atoms with Crippen molar-refractivity contribution in [2.75, 3.05) is 0 Å². The molecule has 9 nitrogen and oxygen atoms in total. The Labute approximate surface area is 92.6 Å². The molecule has 0 aliphatic carbocycles. The topological polar surface area (TPSA) is 176 Å². The standard InChI is InChI=1S/C7H17N7O2/c8-4(6(15)16)1-2-5(12-3-13-11)14-7(9)10/h3-5H,1-2,8,11H2,(H,12,13)(H,15,16)(H4,9,10,14). The van der Waals surface area contributed by atoms with Crippen molar-refractivity contribution in [3.05, 3.63) is 0 Å². The Kier molecular flexibility index (Phi) is 6.36. The predicted molar refractivity (Wildman–Crippen MR) is 59.5 cm³/mol. The normalized spacial score (nSPS) is 14.3. The highest BCUT2D eigenvalue weighted by molar-refractivity contribution is 5.75. The third kappa shape index (κ3) is 6.43. The maximum absolute atomic E-state index is 10.5. The summed E-state index contributed by atoms with van der Waals surface area (Å²) in [4.78, 5) is 10.5. The van der Waals surface area contributed by atoms with Crippen LogP contribution in [0.25, 0.3) is 0 Å². The molecule has 0 aliphatic rings. The summed E-state index contributed by atoms with van der Waals surface area (Å²) in [6.07, 6.45) is 1.37. The highest BCUT2D eigenvalue weighted by atomic mass is 16.4. The van der Waals surface area contributed by atoms with Crippen molar-refractivity contribution in [1.82, 2.24) is 10.6 Å². The van der Waals surface area contributed by atoms with Crippen LogP contribution in [-0.2, 0) is 4.79 Å². The van der Waals surface area contributed by atoms with Crippen molar-refractivity contribution in [2.24, 2.45) is 22.4 Å². The zero-order valence-corrected chi connectivity index (χ0v) is 8.68. The molecule has 0 radical (unpaired) electrons. The second-order valence-corrected chi connectivity index (χ2v) is 3.08. The quantitative estimate of drug-likeness (QED) is 0.0830. The zero-order chi connectivity index (χ0) is 12.6. The number of carboxylic acid groups (broad SMARTS) is 1. The Balaban J connectivity index is 4.09. The van der Waals surface area contributed by atoms with E-state index >= 15 is 0 Å². The first kappa shape index (κ1) is 14.0. The van der Waals surface area contributed by atoms with Gasteiger partial charge in [0, 0.05) is 0 Å². The fourth-order valence-electron chi connectivity index (χ4n) is 0.988. The third-order valence-electron chi connectivity index (χ3n) is 1.76. The molecular formula is C7H17N7O2. The molecule has 0 bridgehead atoms. The molecule has 16 heavy (non-hydrogen) atoms. The number of carbonyl (C=O) groups is 1. The van der Waals surface area contributed by atoms with E-state index in [9.17, 15) is 4.79 Å². The lowest BCUT2D eigenvalue weighted by Crippen LogP contribution is -2.48. The highest BCUT2D eigenvalue weighted by Crippen LogP contribution is 1.97. The van der Waals surface area contributed by atoms with Gasteiger partial charge in [-0.25, -0.2) is 0 Å². The first-order valence-corrected chi connectivity index (χ1v) is 4.54. The van der Waals surface area contributed by atoms with E-state index in [-0.39, 0.29) is 12.4 Å². The van der Waals surface area contributed by atoms with Gasteiger partial charge in [-0.05, 0) is 12.8 Å². The summed E-state index contributed by atoms with van der Waals surface area (Å²) in [6.45, 7) is 0. The van der Waals surface area contributed by atoms with Gasteiger partial charge in [-0.3, -0.25) is 10.2 Å². The Hall–Kier alpha value is -2.03. The molecular weight excluding hydrogens is 214 g/mol. The number of aliphatic carboxylic acids is 1. The smallest absolute Gasteiger partial charge is 0.320 e. The van der Waals surface area contributed by atoms with E-state index < -0.39 is 18.2 Å². The molecule has 0 aromatic carbocycles. The SMILES string of the molecule is N=C(N)NC(CCC(N)C(=O)O)NC=NN. The van der Waals surface area contributed by atoms with Crippen LogP contribution in [0, 0.1) is 5.41 Å². The second kappa shape index (κ2) is 7.29. The van der Waals surface area contributed by atoms with Crippen molar-refractivity contribution in [2.45, 2.75) is 25.0 Å². The largest absolute Gasteiger partial charge is 0.480 e. The highest BCUT2D eigenvalue weighted by Gasteiger charge is 2.14. The summed E-state index contributed by atoms with van der Waals surface area (Å²) in [5.74, 6) is 3.57. The molecule has 92 valence electrons. The fourth-order valence-corrected chi connectivity index (χ4v) is 0.988. The van der Waals surface area contributed by atoms with Gasteiger partial charge in [0.1, 0.15) is 12.4 Å². The Morgan fingerprint density at radius 1 is 1.56 bits per heavy atom. The van der Waals surface area contributed by atoms with Gasteiger partial charge in [0.15, 0.2) is 5.96 Å².